The van der Waals surface area contributed by atoms with E-state index in [1.54, 1.807) is 6.07 Å². The van der Waals surface area contributed by atoms with Gasteiger partial charge in [0, 0.05) is 6.04 Å². The molecule has 16 heavy (non-hydrogen) atoms. The number of rotatable bonds is 5. The number of nitrogens with one attached hydrogen (secondary N) is 1. The van der Waals surface area contributed by atoms with Crippen LogP contribution in [0, 0.1) is 5.82 Å². The molecule has 0 saturated heterocycles. The highest BCUT2D eigenvalue weighted by Gasteiger charge is 2.11. The molecule has 1 aromatic carbocycles. The molecule has 0 amide bonds. The molecule has 0 bridgehead atoms. The summed E-state index contributed by atoms with van der Waals surface area (Å²) >= 11 is 5.65. The van der Waals surface area contributed by atoms with Gasteiger partial charge in [0.25, 0.3) is 0 Å². The number of hydrogen-bond acceptors (Lipinski definition) is 1. The van der Waals surface area contributed by atoms with Crippen molar-refractivity contribution < 1.29 is 4.39 Å². The summed E-state index contributed by atoms with van der Waals surface area (Å²) in [5, 5.41) is 3.33. The Hall–Kier alpha value is -0.860. The van der Waals surface area contributed by atoms with Crippen LogP contribution in [-0.2, 0) is 0 Å². The van der Waals surface area contributed by atoms with E-state index in [0.29, 0.717) is 0 Å². The molecule has 1 rings (SSSR count). The third-order valence-electron chi connectivity index (χ3n) is 2.55. The first kappa shape index (κ1) is 13.2. The lowest BCUT2D eigenvalue weighted by atomic mass is 10.00. The summed E-state index contributed by atoms with van der Waals surface area (Å²) < 4.78 is 13.3. The SMILES string of the molecule is C=C(C)CCC(NC)c1ccc(Cl)c(F)c1. The molecule has 1 atom stereocenters. The molecule has 0 aromatic heterocycles. The Kier molecular flexibility index (Phi) is 4.97. The molecule has 0 aliphatic rings. The number of halogens is 2. The third kappa shape index (κ3) is 3.62. The van der Waals surface area contributed by atoms with Gasteiger partial charge in [0.15, 0.2) is 0 Å². The van der Waals surface area contributed by atoms with Gasteiger partial charge in [0.05, 0.1) is 5.02 Å². The lowest BCUT2D eigenvalue weighted by molar-refractivity contribution is 0.541. The largest absolute Gasteiger partial charge is 0.313 e. The Labute approximate surface area is 101 Å². The van der Waals surface area contributed by atoms with E-state index in [1.807, 2.05) is 20.0 Å². The van der Waals surface area contributed by atoms with Crippen LogP contribution in [0.5, 0.6) is 0 Å². The van der Waals surface area contributed by atoms with Crippen LogP contribution in [0.4, 0.5) is 4.39 Å². The Morgan fingerprint density at radius 2 is 2.25 bits per heavy atom. The molecule has 0 saturated carbocycles. The van der Waals surface area contributed by atoms with Gasteiger partial charge >= 0.3 is 0 Å². The van der Waals surface area contributed by atoms with E-state index in [-0.39, 0.29) is 16.9 Å². The molecule has 0 fully saturated rings. The Morgan fingerprint density at radius 1 is 1.56 bits per heavy atom. The van der Waals surface area contributed by atoms with Crippen LogP contribution in [0.2, 0.25) is 5.02 Å². The highest BCUT2D eigenvalue weighted by atomic mass is 35.5. The molecular weight excluding hydrogens is 225 g/mol. The first-order chi connectivity index (χ1) is 7.54. The predicted octanol–water partition coefficient (Wildman–Crippen LogP) is 4.10. The Bertz CT molecular complexity index is 376. The van der Waals surface area contributed by atoms with Crippen LogP contribution >= 0.6 is 11.6 Å². The van der Waals surface area contributed by atoms with E-state index in [2.05, 4.69) is 11.9 Å². The van der Waals surface area contributed by atoms with Crippen molar-refractivity contribution in [1.29, 1.82) is 0 Å². The van der Waals surface area contributed by atoms with Crippen molar-refractivity contribution in [3.05, 3.63) is 46.8 Å². The minimum atomic E-state index is -0.366. The first-order valence-corrected chi connectivity index (χ1v) is 5.69. The summed E-state index contributed by atoms with van der Waals surface area (Å²) in [6.07, 6.45) is 1.84. The Morgan fingerprint density at radius 3 is 2.75 bits per heavy atom. The summed E-state index contributed by atoms with van der Waals surface area (Å²) in [6.45, 7) is 5.86. The van der Waals surface area contributed by atoms with Crippen LogP contribution in [0.1, 0.15) is 31.4 Å². The average molecular weight is 242 g/mol. The minimum absolute atomic E-state index is 0.142. The second-order valence-electron chi connectivity index (χ2n) is 4.01. The van der Waals surface area contributed by atoms with Gasteiger partial charge in [-0.15, -0.1) is 6.58 Å². The molecule has 1 nitrogen and oxygen atoms in total. The van der Waals surface area contributed by atoms with Crippen LogP contribution in [0.25, 0.3) is 0 Å². The molecule has 0 spiro atoms. The highest BCUT2D eigenvalue weighted by molar-refractivity contribution is 6.30. The van der Waals surface area contributed by atoms with E-state index < -0.39 is 0 Å². The standard InChI is InChI=1S/C13H17ClFN/c1-9(2)4-7-13(16-3)10-5-6-11(14)12(15)8-10/h5-6,8,13,16H,1,4,7H2,2-3H3. The van der Waals surface area contributed by atoms with Crippen molar-refractivity contribution in [2.45, 2.75) is 25.8 Å². The number of benzene rings is 1. The fraction of sp³-hybridized carbons (Fsp3) is 0.385. The molecule has 1 aromatic rings. The summed E-state index contributed by atoms with van der Waals surface area (Å²) in [4.78, 5) is 0. The molecule has 0 radical (unpaired) electrons. The molecule has 0 aliphatic carbocycles. The molecule has 3 heteroatoms. The molecule has 0 heterocycles. The maximum atomic E-state index is 13.3. The zero-order chi connectivity index (χ0) is 12.1. The van der Waals surface area contributed by atoms with Gasteiger partial charge < -0.3 is 5.32 Å². The van der Waals surface area contributed by atoms with Crippen molar-refractivity contribution in [2.24, 2.45) is 0 Å². The van der Waals surface area contributed by atoms with Crippen molar-refractivity contribution in [2.75, 3.05) is 7.05 Å². The second-order valence-corrected chi connectivity index (χ2v) is 4.42. The maximum Gasteiger partial charge on any atom is 0.142 e. The van der Waals surface area contributed by atoms with Crippen LogP contribution in [0.15, 0.2) is 30.4 Å². The monoisotopic (exact) mass is 241 g/mol. The van der Waals surface area contributed by atoms with E-state index in [4.69, 9.17) is 11.6 Å². The summed E-state index contributed by atoms with van der Waals surface area (Å²) in [5.41, 5.74) is 2.06. The van der Waals surface area contributed by atoms with E-state index in [1.165, 1.54) is 6.07 Å². The van der Waals surface area contributed by atoms with Crippen LogP contribution in [0.3, 0.4) is 0 Å². The van der Waals surface area contributed by atoms with E-state index in [9.17, 15) is 4.39 Å². The van der Waals surface area contributed by atoms with Gasteiger partial charge in [-0.1, -0.05) is 23.2 Å². The van der Waals surface area contributed by atoms with Gasteiger partial charge in [-0.2, -0.15) is 0 Å². The van der Waals surface area contributed by atoms with Crippen molar-refractivity contribution in [1.82, 2.24) is 5.32 Å². The van der Waals surface area contributed by atoms with Crippen LogP contribution in [-0.4, -0.2) is 7.05 Å². The summed E-state index contributed by atoms with van der Waals surface area (Å²) in [7, 11) is 1.87. The van der Waals surface area contributed by atoms with Gasteiger partial charge in [-0.25, -0.2) is 4.39 Å². The van der Waals surface area contributed by atoms with Crippen LogP contribution < -0.4 is 5.32 Å². The van der Waals surface area contributed by atoms with Gasteiger partial charge in [-0.05, 0) is 44.5 Å². The van der Waals surface area contributed by atoms with Gasteiger partial charge in [0.2, 0.25) is 0 Å². The predicted molar refractivity (Wildman–Crippen MR) is 67.3 cm³/mol. The van der Waals surface area contributed by atoms with Crippen molar-refractivity contribution in [3.8, 4) is 0 Å². The molecule has 88 valence electrons. The number of allylic oxidation sites excluding steroid dienone is 1. The molecular formula is C13H17ClFN. The molecule has 0 aliphatic heterocycles. The topological polar surface area (TPSA) is 12.0 Å². The lowest BCUT2D eigenvalue weighted by Crippen LogP contribution is -2.16. The highest BCUT2D eigenvalue weighted by Crippen LogP contribution is 2.23. The summed E-state index contributed by atoms with van der Waals surface area (Å²) in [6, 6.07) is 5.08. The van der Waals surface area contributed by atoms with E-state index in [0.717, 1.165) is 24.0 Å². The quantitative estimate of drug-likeness (QED) is 0.766. The average Bonchev–Trinajstić information content (AvgIpc) is 2.23. The second kappa shape index (κ2) is 6.02. The zero-order valence-electron chi connectivity index (χ0n) is 9.69. The lowest BCUT2D eigenvalue weighted by Gasteiger charge is -2.16. The third-order valence-corrected chi connectivity index (χ3v) is 2.86. The maximum absolute atomic E-state index is 13.3. The smallest absolute Gasteiger partial charge is 0.142 e. The molecule has 1 unspecified atom stereocenters. The minimum Gasteiger partial charge on any atom is -0.313 e. The number of hydrogen-bond donors (Lipinski definition) is 1. The fourth-order valence-corrected chi connectivity index (χ4v) is 1.72. The fourth-order valence-electron chi connectivity index (χ4n) is 1.60. The Balaban J connectivity index is 2.78. The van der Waals surface area contributed by atoms with Gasteiger partial charge in [-0.3, -0.25) is 0 Å². The van der Waals surface area contributed by atoms with E-state index >= 15 is 0 Å². The zero-order valence-corrected chi connectivity index (χ0v) is 10.4. The van der Waals surface area contributed by atoms with Crippen molar-refractivity contribution in [3.63, 3.8) is 0 Å². The first-order valence-electron chi connectivity index (χ1n) is 5.31. The summed E-state index contributed by atoms with van der Waals surface area (Å²) in [5.74, 6) is -0.366. The van der Waals surface area contributed by atoms with Crippen molar-refractivity contribution >= 4 is 11.6 Å². The van der Waals surface area contributed by atoms with Gasteiger partial charge in [0.1, 0.15) is 5.82 Å². The normalized spacial score (nSPS) is 12.5. The molecule has 1 N–H and O–H groups in total.